The van der Waals surface area contributed by atoms with Gasteiger partial charge < -0.3 is 0 Å². The molecule has 3 rings (SSSR count). The Hall–Kier alpha value is -2.06. The topological polar surface area (TPSA) is 29.9 Å². The van der Waals surface area contributed by atoms with Crippen LogP contribution in [0.1, 0.15) is 11.6 Å². The normalized spacial score (nSPS) is 13.4. The first kappa shape index (κ1) is 16.8. The molecular weight excluding hydrogens is 342 g/mol. The van der Waals surface area contributed by atoms with Gasteiger partial charge in [-0.3, -0.25) is 4.68 Å². The van der Waals surface area contributed by atoms with Crippen LogP contribution in [0.4, 0.5) is 17.6 Å². The molecule has 0 saturated heterocycles. The molecule has 3 aromatic rings. The summed E-state index contributed by atoms with van der Waals surface area (Å²) in [7, 11) is 1.77. The van der Waals surface area contributed by atoms with Crippen LogP contribution in [0.2, 0.25) is 0 Å². The van der Waals surface area contributed by atoms with E-state index in [-0.39, 0.29) is 5.56 Å². The number of nitrogens with one attached hydrogen (secondary N) is 1. The average Bonchev–Trinajstić information content (AvgIpc) is 2.89. The minimum absolute atomic E-state index is 0.0435. The van der Waals surface area contributed by atoms with Crippen molar-refractivity contribution in [2.24, 2.45) is 7.05 Å². The van der Waals surface area contributed by atoms with Crippen molar-refractivity contribution in [3.05, 3.63) is 60.0 Å². The van der Waals surface area contributed by atoms with Crippen LogP contribution in [-0.2, 0) is 7.05 Å². The third-order valence-electron chi connectivity index (χ3n) is 3.55. The van der Waals surface area contributed by atoms with E-state index in [0.29, 0.717) is 4.90 Å². The molecule has 0 saturated carbocycles. The molecule has 0 amide bonds. The maximum atomic E-state index is 13.3. The Balaban J connectivity index is 1.82. The summed E-state index contributed by atoms with van der Waals surface area (Å²) in [6.45, 7) is 0. The number of hydrogen-bond donors (Lipinski definition) is 1. The van der Waals surface area contributed by atoms with Crippen molar-refractivity contribution in [3.8, 4) is 0 Å². The van der Waals surface area contributed by atoms with Crippen LogP contribution < -0.4 is 4.72 Å². The van der Waals surface area contributed by atoms with Crippen molar-refractivity contribution < 1.29 is 17.6 Å². The molecule has 126 valence electrons. The molecule has 0 aliphatic carbocycles. The number of fused-ring (bicyclic) bond motifs is 1. The number of benzene rings is 2. The molecule has 3 nitrogen and oxygen atoms in total. The highest BCUT2D eigenvalue weighted by Crippen LogP contribution is 2.35. The first-order chi connectivity index (χ1) is 11.3. The lowest BCUT2D eigenvalue weighted by Crippen LogP contribution is -2.30. The monoisotopic (exact) mass is 355 g/mol. The van der Waals surface area contributed by atoms with Crippen LogP contribution in [0.5, 0.6) is 0 Å². The molecule has 0 bridgehead atoms. The van der Waals surface area contributed by atoms with Gasteiger partial charge in [0.25, 0.3) is 0 Å². The van der Waals surface area contributed by atoms with Crippen molar-refractivity contribution in [3.63, 3.8) is 0 Å². The number of halogens is 4. The van der Waals surface area contributed by atoms with E-state index in [1.54, 1.807) is 36.1 Å². The molecule has 0 aliphatic rings. The first-order valence-corrected chi connectivity index (χ1v) is 7.82. The summed E-state index contributed by atoms with van der Waals surface area (Å²) in [5.41, 5.74) is 0.783. The molecule has 8 heteroatoms. The van der Waals surface area contributed by atoms with Crippen LogP contribution in [-0.4, -0.2) is 16.0 Å². The molecular formula is C16H13F4N3S. The van der Waals surface area contributed by atoms with E-state index in [1.807, 2.05) is 0 Å². The lowest BCUT2D eigenvalue weighted by molar-refractivity contribution is -0.152. The zero-order chi connectivity index (χ0) is 17.3. The summed E-state index contributed by atoms with van der Waals surface area (Å²) in [5, 5.41) is 5.01. The van der Waals surface area contributed by atoms with Crippen LogP contribution in [0, 0.1) is 5.82 Å². The largest absolute Gasteiger partial charge is 0.408 e. The molecule has 1 atom stereocenters. The highest BCUT2D eigenvalue weighted by atomic mass is 32.2. The number of nitrogens with zero attached hydrogens (tertiary/aromatic N) is 2. The zero-order valence-electron chi connectivity index (χ0n) is 12.5. The molecule has 1 heterocycles. The SMILES string of the molecule is Cn1ncc2ccc(SNC(c3ccc(F)cc3)C(F)(F)F)cc21. The van der Waals surface area contributed by atoms with Crippen molar-refractivity contribution in [1.82, 2.24) is 14.5 Å². The minimum Gasteiger partial charge on any atom is -0.268 e. The fourth-order valence-electron chi connectivity index (χ4n) is 2.29. The van der Waals surface area contributed by atoms with Gasteiger partial charge in [-0.1, -0.05) is 18.2 Å². The van der Waals surface area contributed by atoms with Gasteiger partial charge in [-0.25, -0.2) is 9.11 Å². The first-order valence-electron chi connectivity index (χ1n) is 7.01. The number of alkyl halides is 3. The predicted octanol–water partition coefficient (Wildman–Crippen LogP) is 4.61. The van der Waals surface area contributed by atoms with E-state index in [9.17, 15) is 17.6 Å². The fourth-order valence-corrected chi connectivity index (χ4v) is 3.12. The summed E-state index contributed by atoms with van der Waals surface area (Å²) >= 11 is 0.877. The summed E-state index contributed by atoms with van der Waals surface area (Å²) < 4.78 is 56.9. The fraction of sp³-hybridized carbons (Fsp3) is 0.188. The van der Waals surface area contributed by atoms with Crippen LogP contribution in [0.25, 0.3) is 10.9 Å². The zero-order valence-corrected chi connectivity index (χ0v) is 13.3. The quantitative estimate of drug-likeness (QED) is 0.547. The van der Waals surface area contributed by atoms with Gasteiger partial charge in [0.15, 0.2) is 0 Å². The third-order valence-corrected chi connectivity index (χ3v) is 4.39. The van der Waals surface area contributed by atoms with Crippen molar-refractivity contribution in [2.45, 2.75) is 17.1 Å². The van der Waals surface area contributed by atoms with Gasteiger partial charge in [0.05, 0.1) is 11.7 Å². The van der Waals surface area contributed by atoms with Gasteiger partial charge in [-0.15, -0.1) is 0 Å². The number of rotatable bonds is 4. The highest BCUT2D eigenvalue weighted by Gasteiger charge is 2.40. The second kappa shape index (κ2) is 6.45. The standard InChI is InChI=1S/C16H13F4N3S/c1-23-14-8-13(7-4-11(14)9-21-23)24-22-15(16(18,19)20)10-2-5-12(17)6-3-10/h2-9,15,22H,1H3. The van der Waals surface area contributed by atoms with E-state index in [4.69, 9.17) is 0 Å². The molecule has 0 spiro atoms. The Morgan fingerprint density at radius 3 is 2.50 bits per heavy atom. The van der Waals surface area contributed by atoms with Gasteiger partial charge in [0.1, 0.15) is 11.9 Å². The lowest BCUT2D eigenvalue weighted by atomic mass is 10.1. The molecule has 0 fully saturated rings. The van der Waals surface area contributed by atoms with Gasteiger partial charge in [-0.05, 0) is 41.8 Å². The van der Waals surface area contributed by atoms with E-state index < -0.39 is 18.0 Å². The number of aromatic nitrogens is 2. The summed E-state index contributed by atoms with van der Waals surface area (Å²) in [6.07, 6.45) is -2.81. The van der Waals surface area contributed by atoms with Gasteiger partial charge >= 0.3 is 6.18 Å². The Morgan fingerprint density at radius 2 is 1.83 bits per heavy atom. The summed E-state index contributed by atoms with van der Waals surface area (Å²) in [5.74, 6) is -0.575. The Kier molecular flexibility index (Phi) is 4.51. The van der Waals surface area contributed by atoms with E-state index >= 15 is 0 Å². The van der Waals surface area contributed by atoms with Gasteiger partial charge in [-0.2, -0.15) is 18.3 Å². The molecule has 1 N–H and O–H groups in total. The van der Waals surface area contributed by atoms with Crippen molar-refractivity contribution >= 4 is 22.9 Å². The predicted molar refractivity (Wildman–Crippen MR) is 84.9 cm³/mol. The number of aryl methyl sites for hydroxylation is 1. The molecule has 1 aromatic heterocycles. The Bertz CT molecular complexity index is 843. The second-order valence-corrected chi connectivity index (χ2v) is 6.15. The van der Waals surface area contributed by atoms with Crippen molar-refractivity contribution in [1.29, 1.82) is 0 Å². The Labute approximate surface area is 139 Å². The van der Waals surface area contributed by atoms with E-state index in [0.717, 1.165) is 47.1 Å². The molecule has 1 unspecified atom stereocenters. The smallest absolute Gasteiger partial charge is 0.268 e. The van der Waals surface area contributed by atoms with Crippen molar-refractivity contribution in [2.75, 3.05) is 0 Å². The van der Waals surface area contributed by atoms with Gasteiger partial charge in [0, 0.05) is 17.3 Å². The van der Waals surface area contributed by atoms with E-state index in [1.165, 1.54) is 0 Å². The van der Waals surface area contributed by atoms with Crippen LogP contribution in [0.3, 0.4) is 0 Å². The lowest BCUT2D eigenvalue weighted by Gasteiger charge is -2.21. The molecule has 0 aliphatic heterocycles. The molecule has 24 heavy (non-hydrogen) atoms. The summed E-state index contributed by atoms with van der Waals surface area (Å²) in [4.78, 5) is 0.627. The van der Waals surface area contributed by atoms with Gasteiger partial charge in [0.2, 0.25) is 0 Å². The van der Waals surface area contributed by atoms with Crippen LogP contribution in [0.15, 0.2) is 53.6 Å². The molecule has 0 radical (unpaired) electrons. The Morgan fingerprint density at radius 1 is 1.12 bits per heavy atom. The second-order valence-electron chi connectivity index (χ2n) is 5.23. The third kappa shape index (κ3) is 3.54. The number of hydrogen-bond acceptors (Lipinski definition) is 3. The minimum atomic E-state index is -4.50. The molecule has 2 aromatic carbocycles. The average molecular weight is 355 g/mol. The van der Waals surface area contributed by atoms with E-state index in [2.05, 4.69) is 9.82 Å². The maximum absolute atomic E-state index is 13.3. The highest BCUT2D eigenvalue weighted by molar-refractivity contribution is 7.97. The van der Waals surface area contributed by atoms with Crippen LogP contribution >= 0.6 is 11.9 Å². The maximum Gasteiger partial charge on any atom is 0.408 e. The summed E-state index contributed by atoms with van der Waals surface area (Å²) in [6, 6.07) is 7.68.